The van der Waals surface area contributed by atoms with Gasteiger partial charge < -0.3 is 9.67 Å². The highest BCUT2D eigenvalue weighted by atomic mass is 79.9. The van der Waals surface area contributed by atoms with E-state index in [9.17, 15) is 5.11 Å². The van der Waals surface area contributed by atoms with Crippen molar-refractivity contribution >= 4 is 26.8 Å². The molecule has 0 bridgehead atoms. The molecule has 1 aromatic carbocycles. The highest BCUT2D eigenvalue weighted by molar-refractivity contribution is 9.10. The maximum Gasteiger partial charge on any atom is 0.0688 e. The molecule has 0 atom stereocenters. The van der Waals surface area contributed by atoms with Crippen molar-refractivity contribution in [3.63, 3.8) is 0 Å². The zero-order valence-corrected chi connectivity index (χ0v) is 10.5. The van der Waals surface area contributed by atoms with Crippen LogP contribution in [0.1, 0.15) is 25.5 Å². The number of hydrogen-bond donors (Lipinski definition) is 1. The molecule has 0 amide bonds. The normalized spacial score (nSPS) is 11.5. The lowest BCUT2D eigenvalue weighted by molar-refractivity contribution is 0.283. The zero-order chi connectivity index (χ0) is 11.0. The molecule has 2 aromatic rings. The predicted octanol–water partition coefficient (Wildman–Crippen LogP) is 3.48. The van der Waals surface area contributed by atoms with E-state index in [-0.39, 0.29) is 6.61 Å². The third-order valence-corrected chi connectivity index (χ3v) is 3.07. The summed E-state index contributed by atoms with van der Waals surface area (Å²) >= 11 is 3.47. The maximum atomic E-state index is 9.28. The van der Waals surface area contributed by atoms with Gasteiger partial charge >= 0.3 is 0 Å². The molecular weight excluding hydrogens is 254 g/mol. The molecule has 1 aromatic heterocycles. The summed E-state index contributed by atoms with van der Waals surface area (Å²) in [6.07, 6.45) is 2.07. The van der Waals surface area contributed by atoms with Crippen LogP contribution in [-0.2, 0) is 6.61 Å². The van der Waals surface area contributed by atoms with Crippen LogP contribution in [0.5, 0.6) is 0 Å². The van der Waals surface area contributed by atoms with Crippen molar-refractivity contribution in [3.8, 4) is 0 Å². The number of fused-ring (bicyclic) bond motifs is 1. The molecule has 80 valence electrons. The first-order valence-corrected chi connectivity index (χ1v) is 5.82. The first kappa shape index (κ1) is 10.7. The van der Waals surface area contributed by atoms with Crippen molar-refractivity contribution in [2.45, 2.75) is 26.5 Å². The summed E-state index contributed by atoms with van der Waals surface area (Å²) in [5, 5.41) is 10.4. The van der Waals surface area contributed by atoms with E-state index in [2.05, 4.69) is 52.7 Å². The molecule has 0 aliphatic rings. The van der Waals surface area contributed by atoms with Crippen LogP contribution in [0.4, 0.5) is 0 Å². The molecule has 1 heterocycles. The SMILES string of the molecule is CC(C)n1ccc2c(CO)cc(Br)cc21. The van der Waals surface area contributed by atoms with Gasteiger partial charge in [-0.1, -0.05) is 15.9 Å². The van der Waals surface area contributed by atoms with Gasteiger partial charge in [-0.2, -0.15) is 0 Å². The molecule has 1 N–H and O–H groups in total. The number of aromatic nitrogens is 1. The van der Waals surface area contributed by atoms with Crippen LogP contribution >= 0.6 is 15.9 Å². The van der Waals surface area contributed by atoms with Gasteiger partial charge in [-0.05, 0) is 37.6 Å². The number of aliphatic hydroxyl groups is 1. The van der Waals surface area contributed by atoms with Crippen LogP contribution in [0.15, 0.2) is 28.9 Å². The second-order valence-electron chi connectivity index (χ2n) is 3.97. The fraction of sp³-hybridized carbons (Fsp3) is 0.333. The number of hydrogen-bond acceptors (Lipinski definition) is 1. The molecule has 0 aliphatic carbocycles. The van der Waals surface area contributed by atoms with E-state index in [1.54, 1.807) is 0 Å². The average molecular weight is 268 g/mol. The maximum absolute atomic E-state index is 9.28. The van der Waals surface area contributed by atoms with Crippen LogP contribution < -0.4 is 0 Å². The highest BCUT2D eigenvalue weighted by Gasteiger charge is 2.08. The number of rotatable bonds is 2. The smallest absolute Gasteiger partial charge is 0.0688 e. The Labute approximate surface area is 97.7 Å². The molecule has 0 aliphatic heterocycles. The van der Waals surface area contributed by atoms with Gasteiger partial charge in [0.2, 0.25) is 0 Å². The summed E-state index contributed by atoms with van der Waals surface area (Å²) in [6, 6.07) is 6.55. The second-order valence-corrected chi connectivity index (χ2v) is 4.89. The Balaban J connectivity index is 2.75. The molecule has 2 rings (SSSR count). The zero-order valence-electron chi connectivity index (χ0n) is 8.87. The minimum atomic E-state index is 0.0814. The summed E-state index contributed by atoms with van der Waals surface area (Å²) in [5.74, 6) is 0. The predicted molar refractivity (Wildman–Crippen MR) is 65.9 cm³/mol. The van der Waals surface area contributed by atoms with E-state index in [0.717, 1.165) is 15.4 Å². The number of benzene rings is 1. The van der Waals surface area contributed by atoms with Gasteiger partial charge in [-0.15, -0.1) is 0 Å². The Morgan fingerprint density at radius 3 is 2.73 bits per heavy atom. The largest absolute Gasteiger partial charge is 0.392 e. The lowest BCUT2D eigenvalue weighted by Crippen LogP contribution is -1.98. The molecule has 0 radical (unpaired) electrons. The summed E-state index contributed by atoms with van der Waals surface area (Å²) in [6.45, 7) is 4.38. The summed E-state index contributed by atoms with van der Waals surface area (Å²) in [4.78, 5) is 0. The Kier molecular flexibility index (Phi) is 2.85. The van der Waals surface area contributed by atoms with E-state index in [1.165, 1.54) is 5.52 Å². The molecule has 0 spiro atoms. The molecule has 15 heavy (non-hydrogen) atoms. The molecule has 0 unspecified atom stereocenters. The first-order valence-electron chi connectivity index (χ1n) is 5.03. The molecule has 0 fully saturated rings. The second kappa shape index (κ2) is 3.99. The summed E-state index contributed by atoms with van der Waals surface area (Å²) in [5.41, 5.74) is 2.14. The molecular formula is C12H14BrNO. The highest BCUT2D eigenvalue weighted by Crippen LogP contribution is 2.27. The quantitative estimate of drug-likeness (QED) is 0.886. The van der Waals surface area contributed by atoms with E-state index in [0.29, 0.717) is 6.04 Å². The molecule has 3 heteroatoms. The van der Waals surface area contributed by atoms with E-state index < -0.39 is 0 Å². The van der Waals surface area contributed by atoms with Gasteiger partial charge in [0.1, 0.15) is 0 Å². The van der Waals surface area contributed by atoms with Crippen molar-refractivity contribution in [2.75, 3.05) is 0 Å². The van der Waals surface area contributed by atoms with Crippen molar-refractivity contribution in [1.82, 2.24) is 4.57 Å². The van der Waals surface area contributed by atoms with Crippen LogP contribution in [0, 0.1) is 0 Å². The Morgan fingerprint density at radius 1 is 1.40 bits per heavy atom. The number of halogens is 1. The van der Waals surface area contributed by atoms with Gasteiger partial charge in [-0.3, -0.25) is 0 Å². The summed E-state index contributed by atoms with van der Waals surface area (Å²) in [7, 11) is 0. The van der Waals surface area contributed by atoms with Crippen LogP contribution in [0.25, 0.3) is 10.9 Å². The fourth-order valence-electron chi connectivity index (χ4n) is 1.88. The number of aliphatic hydroxyl groups excluding tert-OH is 1. The van der Waals surface area contributed by atoms with Crippen molar-refractivity contribution < 1.29 is 5.11 Å². The van der Waals surface area contributed by atoms with Crippen LogP contribution in [0.2, 0.25) is 0 Å². The van der Waals surface area contributed by atoms with Crippen LogP contribution in [0.3, 0.4) is 0 Å². The van der Waals surface area contributed by atoms with Gasteiger partial charge in [0.25, 0.3) is 0 Å². The van der Waals surface area contributed by atoms with Crippen molar-refractivity contribution in [3.05, 3.63) is 34.4 Å². The Hall–Kier alpha value is -0.800. The minimum absolute atomic E-state index is 0.0814. The molecule has 0 saturated carbocycles. The third-order valence-electron chi connectivity index (χ3n) is 2.62. The average Bonchev–Trinajstić information content (AvgIpc) is 2.59. The third kappa shape index (κ3) is 1.82. The molecule has 2 nitrogen and oxygen atoms in total. The standard InChI is InChI=1S/C12H14BrNO/c1-8(2)14-4-3-11-9(7-15)5-10(13)6-12(11)14/h3-6,8,15H,7H2,1-2H3. The van der Waals surface area contributed by atoms with Gasteiger partial charge in [0.05, 0.1) is 6.61 Å². The monoisotopic (exact) mass is 267 g/mol. The van der Waals surface area contributed by atoms with Gasteiger partial charge in [-0.25, -0.2) is 0 Å². The topological polar surface area (TPSA) is 25.2 Å². The van der Waals surface area contributed by atoms with Crippen molar-refractivity contribution in [2.24, 2.45) is 0 Å². The Bertz CT molecular complexity index is 488. The van der Waals surface area contributed by atoms with Crippen molar-refractivity contribution in [1.29, 1.82) is 0 Å². The fourth-order valence-corrected chi connectivity index (χ4v) is 2.37. The first-order chi connectivity index (χ1) is 7.13. The molecule has 0 saturated heterocycles. The lowest BCUT2D eigenvalue weighted by atomic mass is 10.1. The van der Waals surface area contributed by atoms with E-state index in [4.69, 9.17) is 0 Å². The van der Waals surface area contributed by atoms with Gasteiger partial charge in [0.15, 0.2) is 0 Å². The Morgan fingerprint density at radius 2 is 2.13 bits per heavy atom. The lowest BCUT2D eigenvalue weighted by Gasteiger charge is -2.10. The van der Waals surface area contributed by atoms with Crippen LogP contribution in [-0.4, -0.2) is 9.67 Å². The van der Waals surface area contributed by atoms with E-state index in [1.807, 2.05) is 6.07 Å². The van der Waals surface area contributed by atoms with E-state index >= 15 is 0 Å². The van der Waals surface area contributed by atoms with Gasteiger partial charge in [0, 0.05) is 27.6 Å². The minimum Gasteiger partial charge on any atom is -0.392 e. The number of nitrogens with zero attached hydrogens (tertiary/aromatic N) is 1. The summed E-state index contributed by atoms with van der Waals surface area (Å²) < 4.78 is 3.22.